The first-order valence-electron chi connectivity index (χ1n) is 17.7. The molecule has 0 heterocycles. The van der Waals surface area contributed by atoms with Crippen molar-refractivity contribution in [3.63, 3.8) is 0 Å². The van der Waals surface area contributed by atoms with Gasteiger partial charge in [0.05, 0.1) is 16.7 Å². The van der Waals surface area contributed by atoms with Gasteiger partial charge in [-0.3, -0.25) is 0 Å². The van der Waals surface area contributed by atoms with E-state index in [1.165, 1.54) is 6.07 Å². The molecule has 8 heteroatoms. The Morgan fingerprint density at radius 2 is 0.980 bits per heavy atom. The average Bonchev–Trinajstić information content (AvgIpc) is 3.36. The van der Waals surface area contributed by atoms with Crippen molar-refractivity contribution < 1.29 is 35.1 Å². The lowest BCUT2D eigenvalue weighted by Crippen LogP contribution is -2.31. The van der Waals surface area contributed by atoms with Crippen molar-refractivity contribution in [2.24, 2.45) is 11.8 Å². The number of hydrogen-bond acceptors (Lipinski definition) is 0. The van der Waals surface area contributed by atoms with E-state index in [1.54, 1.807) is 12.1 Å². The Morgan fingerprint density at radius 3 is 1.48 bits per heavy atom. The summed E-state index contributed by atoms with van der Waals surface area (Å²) in [5.41, 5.74) is -1.74. The topological polar surface area (TPSA) is 0 Å². The van der Waals surface area contributed by atoms with Crippen LogP contribution in [0.25, 0.3) is 33.4 Å². The maximum atomic E-state index is 16.0. The minimum atomic E-state index is -2.16. The van der Waals surface area contributed by atoms with Crippen LogP contribution in [0, 0.1) is 72.2 Å². The van der Waals surface area contributed by atoms with Gasteiger partial charge in [0.15, 0.2) is 46.5 Å². The molecule has 4 aromatic rings. The van der Waals surface area contributed by atoms with Gasteiger partial charge < -0.3 is 0 Å². The molecule has 3 unspecified atom stereocenters. The Hall–Kier alpha value is -3.68. The van der Waals surface area contributed by atoms with Gasteiger partial charge in [-0.15, -0.1) is 0 Å². The van der Waals surface area contributed by atoms with Gasteiger partial charge in [-0.1, -0.05) is 109 Å². The second kappa shape index (κ2) is 14.9. The van der Waals surface area contributed by atoms with Crippen LogP contribution in [0.4, 0.5) is 35.1 Å². The molecule has 0 saturated heterocycles. The maximum Gasteiger partial charge on any atom is 0.170 e. The van der Waals surface area contributed by atoms with Crippen LogP contribution in [0.2, 0.25) is 0 Å². The van der Waals surface area contributed by atoms with Gasteiger partial charge in [0, 0.05) is 11.0 Å². The molecule has 0 aliphatic heterocycles. The molecular formula is C42H44F8. The highest BCUT2D eigenvalue weighted by Crippen LogP contribution is 2.57. The summed E-state index contributed by atoms with van der Waals surface area (Å²) in [6, 6.07) is 10.9. The lowest BCUT2D eigenvalue weighted by Gasteiger charge is -2.39. The van der Waals surface area contributed by atoms with Crippen molar-refractivity contribution >= 4 is 0 Å². The van der Waals surface area contributed by atoms with Crippen molar-refractivity contribution in [3.05, 3.63) is 105 Å². The summed E-state index contributed by atoms with van der Waals surface area (Å²) < 4.78 is 122. The van der Waals surface area contributed by atoms with Crippen LogP contribution in [0.1, 0.15) is 108 Å². The minimum absolute atomic E-state index is 0.163. The lowest BCUT2D eigenvalue weighted by molar-refractivity contribution is 0.267. The highest BCUT2D eigenvalue weighted by molar-refractivity contribution is 5.85. The zero-order valence-corrected chi connectivity index (χ0v) is 29.5. The minimum Gasteiger partial charge on any atom is -0.203 e. The molecule has 0 bridgehead atoms. The smallest absolute Gasteiger partial charge is 0.170 e. The SMILES string of the molecule is CCCCC(CC)CC1(CC(CC)CCC)c2cc(C)ccc2-c2ccc(-c3c(F)c(F)c(-c4c(F)c(F)c(C)c(F)c4F)c(F)c3F)cc21. The largest absolute Gasteiger partial charge is 0.203 e. The van der Waals surface area contributed by atoms with Gasteiger partial charge in [-0.25, -0.2) is 35.1 Å². The molecule has 0 saturated carbocycles. The maximum absolute atomic E-state index is 16.0. The third-order valence-electron chi connectivity index (χ3n) is 10.9. The summed E-state index contributed by atoms with van der Waals surface area (Å²) in [6.07, 6.45) is 8.43. The van der Waals surface area contributed by atoms with Crippen LogP contribution < -0.4 is 0 Å². The first-order valence-corrected chi connectivity index (χ1v) is 17.7. The van der Waals surface area contributed by atoms with Gasteiger partial charge in [-0.05, 0) is 72.4 Å². The highest BCUT2D eigenvalue weighted by atomic mass is 19.2. The van der Waals surface area contributed by atoms with Crippen LogP contribution in [-0.2, 0) is 5.41 Å². The zero-order valence-electron chi connectivity index (χ0n) is 29.5. The fourth-order valence-corrected chi connectivity index (χ4v) is 8.14. The Balaban J connectivity index is 1.78. The van der Waals surface area contributed by atoms with E-state index in [0.717, 1.165) is 92.5 Å². The molecular weight excluding hydrogens is 656 g/mol. The molecule has 0 radical (unpaired) electrons. The fourth-order valence-electron chi connectivity index (χ4n) is 8.14. The summed E-state index contributed by atoms with van der Waals surface area (Å²) in [5, 5.41) is 0. The molecule has 268 valence electrons. The lowest BCUT2D eigenvalue weighted by atomic mass is 9.65. The summed E-state index contributed by atoms with van der Waals surface area (Å²) in [6.45, 7) is 11.3. The van der Waals surface area contributed by atoms with Crippen LogP contribution in [-0.4, -0.2) is 0 Å². The molecule has 0 fully saturated rings. The third-order valence-corrected chi connectivity index (χ3v) is 10.9. The number of fused-ring (bicyclic) bond motifs is 3. The van der Waals surface area contributed by atoms with Crippen molar-refractivity contribution in [2.45, 2.75) is 105 Å². The molecule has 50 heavy (non-hydrogen) atoms. The fraction of sp³-hybridized carbons (Fsp3) is 0.429. The number of benzene rings is 4. The molecule has 4 aromatic carbocycles. The Morgan fingerprint density at radius 1 is 0.520 bits per heavy atom. The number of hydrogen-bond donors (Lipinski definition) is 0. The standard InChI is InChI=1S/C42H44F8/c1-7-11-13-25(10-4)21-42(20-24(9-3)12-8-2)29-18-22(5)14-16-27(29)28-17-15-26(19-30(28)42)31-36(45)40(49)33(41(50)37(31)46)32-38(47)34(43)23(6)35(44)39(32)48/h14-19,24-25H,7-13,20-21H2,1-6H3. The van der Waals surface area contributed by atoms with E-state index in [0.29, 0.717) is 11.8 Å². The van der Waals surface area contributed by atoms with E-state index in [-0.39, 0.29) is 5.56 Å². The summed E-state index contributed by atoms with van der Waals surface area (Å²) >= 11 is 0. The molecule has 0 amide bonds. The van der Waals surface area contributed by atoms with Gasteiger partial charge >= 0.3 is 0 Å². The van der Waals surface area contributed by atoms with Crippen LogP contribution in [0.3, 0.4) is 0 Å². The number of unbranched alkanes of at least 4 members (excludes halogenated alkanes) is 1. The van der Waals surface area contributed by atoms with Crippen LogP contribution in [0.5, 0.6) is 0 Å². The van der Waals surface area contributed by atoms with E-state index in [9.17, 15) is 17.6 Å². The predicted octanol–water partition coefficient (Wildman–Crippen LogP) is 13.8. The second-order valence-corrected chi connectivity index (χ2v) is 14.0. The van der Waals surface area contributed by atoms with Gasteiger partial charge in [-0.2, -0.15) is 0 Å². The molecule has 0 nitrogen and oxygen atoms in total. The quantitative estimate of drug-likeness (QED) is 0.0962. The third kappa shape index (κ3) is 6.25. The Bertz CT molecular complexity index is 1850. The zero-order chi connectivity index (χ0) is 36.7. The van der Waals surface area contributed by atoms with E-state index >= 15 is 17.6 Å². The van der Waals surface area contributed by atoms with Crippen molar-refractivity contribution in [1.82, 2.24) is 0 Å². The molecule has 5 rings (SSSR count). The van der Waals surface area contributed by atoms with E-state index in [1.807, 2.05) is 13.0 Å². The number of rotatable bonds is 13. The van der Waals surface area contributed by atoms with Crippen LogP contribution in [0.15, 0.2) is 36.4 Å². The summed E-state index contributed by atoms with van der Waals surface area (Å²) in [4.78, 5) is 0. The number of halogens is 8. The molecule has 1 aliphatic carbocycles. The number of aryl methyl sites for hydroxylation is 1. The van der Waals surface area contributed by atoms with Gasteiger partial charge in [0.1, 0.15) is 0 Å². The normalized spacial score (nSPS) is 16.4. The molecule has 0 aromatic heterocycles. The predicted molar refractivity (Wildman–Crippen MR) is 184 cm³/mol. The van der Waals surface area contributed by atoms with Gasteiger partial charge in [0.2, 0.25) is 0 Å². The highest BCUT2D eigenvalue weighted by Gasteiger charge is 2.46. The summed E-state index contributed by atoms with van der Waals surface area (Å²) in [5.74, 6) is -15.7. The first kappa shape index (κ1) is 37.6. The Kier molecular flexibility index (Phi) is 11.2. The summed E-state index contributed by atoms with van der Waals surface area (Å²) in [7, 11) is 0. The molecule has 3 atom stereocenters. The van der Waals surface area contributed by atoms with Gasteiger partial charge in [0.25, 0.3) is 0 Å². The molecule has 1 aliphatic rings. The van der Waals surface area contributed by atoms with Crippen LogP contribution >= 0.6 is 0 Å². The van der Waals surface area contributed by atoms with Crippen molar-refractivity contribution in [3.8, 4) is 33.4 Å². The first-order chi connectivity index (χ1) is 23.8. The molecule has 0 spiro atoms. The average molecular weight is 701 g/mol. The van der Waals surface area contributed by atoms with Crippen molar-refractivity contribution in [1.29, 1.82) is 0 Å². The van der Waals surface area contributed by atoms with E-state index in [2.05, 4.69) is 39.8 Å². The molecule has 0 N–H and O–H groups in total. The second-order valence-electron chi connectivity index (χ2n) is 14.0. The van der Waals surface area contributed by atoms with E-state index < -0.39 is 74.2 Å². The Labute approximate surface area is 289 Å². The van der Waals surface area contributed by atoms with E-state index in [4.69, 9.17) is 0 Å². The monoisotopic (exact) mass is 700 g/mol. The van der Waals surface area contributed by atoms with Crippen molar-refractivity contribution in [2.75, 3.05) is 0 Å².